The van der Waals surface area contributed by atoms with Crippen LogP contribution in [0.4, 0.5) is 5.69 Å². The van der Waals surface area contributed by atoms with E-state index in [1.54, 1.807) is 6.07 Å². The van der Waals surface area contributed by atoms with Crippen LogP contribution in [0.2, 0.25) is 0 Å². The molecule has 4 nitrogen and oxygen atoms in total. The van der Waals surface area contributed by atoms with Gasteiger partial charge >= 0.3 is 0 Å². The van der Waals surface area contributed by atoms with E-state index in [9.17, 15) is 10.1 Å². The number of benzene rings is 1. The third-order valence-electron chi connectivity index (χ3n) is 1.79. The second-order valence-electron chi connectivity index (χ2n) is 4.72. The van der Waals surface area contributed by atoms with Crippen molar-refractivity contribution >= 4 is 21.6 Å². The Labute approximate surface area is 103 Å². The summed E-state index contributed by atoms with van der Waals surface area (Å²) in [6.45, 7) is 6.74. The number of halogens is 1. The molecule has 0 aliphatic rings. The minimum atomic E-state index is -0.432. The van der Waals surface area contributed by atoms with E-state index in [0.29, 0.717) is 16.8 Å². The summed E-state index contributed by atoms with van der Waals surface area (Å²) in [4.78, 5) is 10.1. The number of nitrogens with zero attached hydrogens (tertiary/aromatic N) is 1. The van der Waals surface area contributed by atoms with E-state index < -0.39 is 4.92 Å². The number of ether oxygens (including phenoxy) is 1. The van der Waals surface area contributed by atoms with Gasteiger partial charge in [0.25, 0.3) is 5.69 Å². The highest BCUT2D eigenvalue weighted by Crippen LogP contribution is 2.30. The first-order valence-electron chi connectivity index (χ1n) is 4.86. The molecule has 0 atom stereocenters. The lowest BCUT2D eigenvalue weighted by molar-refractivity contribution is -0.385. The third-order valence-corrected chi connectivity index (χ3v) is 2.41. The van der Waals surface area contributed by atoms with Crippen LogP contribution in [0.15, 0.2) is 22.7 Å². The smallest absolute Gasteiger partial charge is 0.270 e. The number of nitro groups is 1. The van der Waals surface area contributed by atoms with E-state index in [0.717, 1.165) is 0 Å². The van der Waals surface area contributed by atoms with Gasteiger partial charge in [-0.1, -0.05) is 20.8 Å². The molecule has 88 valence electrons. The number of rotatable bonds is 3. The maximum atomic E-state index is 10.5. The van der Waals surface area contributed by atoms with E-state index >= 15 is 0 Å². The first-order chi connectivity index (χ1) is 7.29. The Hall–Kier alpha value is -1.10. The van der Waals surface area contributed by atoms with Crippen molar-refractivity contribution in [3.8, 4) is 5.75 Å². The number of hydrogen-bond acceptors (Lipinski definition) is 3. The second kappa shape index (κ2) is 4.82. The van der Waals surface area contributed by atoms with E-state index in [4.69, 9.17) is 4.74 Å². The van der Waals surface area contributed by atoms with Gasteiger partial charge in [-0.25, -0.2) is 0 Å². The Morgan fingerprint density at radius 2 is 2.06 bits per heavy atom. The summed E-state index contributed by atoms with van der Waals surface area (Å²) in [5.41, 5.74) is 0.108. The molecule has 0 heterocycles. The van der Waals surface area contributed by atoms with Crippen molar-refractivity contribution in [1.82, 2.24) is 0 Å². The van der Waals surface area contributed by atoms with Crippen LogP contribution in [0.5, 0.6) is 5.75 Å². The van der Waals surface area contributed by atoms with Crippen molar-refractivity contribution in [2.45, 2.75) is 20.8 Å². The predicted molar refractivity (Wildman–Crippen MR) is 65.7 cm³/mol. The maximum Gasteiger partial charge on any atom is 0.270 e. The first kappa shape index (κ1) is 13.0. The van der Waals surface area contributed by atoms with Crippen molar-refractivity contribution in [2.75, 3.05) is 6.61 Å². The summed E-state index contributed by atoms with van der Waals surface area (Å²) < 4.78 is 6.17. The van der Waals surface area contributed by atoms with Gasteiger partial charge in [-0.2, -0.15) is 0 Å². The summed E-state index contributed by atoms with van der Waals surface area (Å²) in [5, 5.41) is 10.5. The van der Waals surface area contributed by atoms with Gasteiger partial charge in [0.1, 0.15) is 5.75 Å². The molecule has 16 heavy (non-hydrogen) atoms. The van der Waals surface area contributed by atoms with E-state index in [-0.39, 0.29) is 11.1 Å². The van der Waals surface area contributed by atoms with Crippen LogP contribution in [0, 0.1) is 15.5 Å². The van der Waals surface area contributed by atoms with Gasteiger partial charge in [-0.15, -0.1) is 0 Å². The largest absolute Gasteiger partial charge is 0.492 e. The van der Waals surface area contributed by atoms with Crippen molar-refractivity contribution in [3.05, 3.63) is 32.8 Å². The molecule has 0 aliphatic carbocycles. The molecule has 0 spiro atoms. The molecule has 0 aromatic heterocycles. The zero-order valence-corrected chi connectivity index (χ0v) is 11.1. The molecular formula is C11H14BrNO3. The fraction of sp³-hybridized carbons (Fsp3) is 0.455. The zero-order valence-electron chi connectivity index (χ0n) is 9.49. The van der Waals surface area contributed by atoms with Gasteiger partial charge in [0.2, 0.25) is 0 Å². The van der Waals surface area contributed by atoms with E-state index in [2.05, 4.69) is 36.7 Å². The van der Waals surface area contributed by atoms with Crippen molar-refractivity contribution in [2.24, 2.45) is 5.41 Å². The fourth-order valence-electron chi connectivity index (χ4n) is 1.01. The third kappa shape index (κ3) is 3.81. The molecule has 0 unspecified atom stereocenters. The topological polar surface area (TPSA) is 52.4 Å². The standard InChI is InChI=1S/C11H14BrNO3/c1-11(2,3)7-16-10-5-4-8(13(14)15)6-9(10)12/h4-6H,7H2,1-3H3. The monoisotopic (exact) mass is 287 g/mol. The molecule has 0 aliphatic heterocycles. The Kier molecular flexibility index (Phi) is 3.91. The Bertz CT molecular complexity index is 399. The Balaban J connectivity index is 2.80. The Morgan fingerprint density at radius 3 is 2.50 bits per heavy atom. The molecule has 1 aromatic carbocycles. The molecule has 0 amide bonds. The lowest BCUT2D eigenvalue weighted by atomic mass is 9.99. The number of hydrogen-bond donors (Lipinski definition) is 0. The normalized spacial score (nSPS) is 11.2. The lowest BCUT2D eigenvalue weighted by Crippen LogP contribution is -2.17. The van der Waals surface area contributed by atoms with E-state index in [1.165, 1.54) is 12.1 Å². The molecule has 0 radical (unpaired) electrons. The SMILES string of the molecule is CC(C)(C)COc1ccc([N+](=O)[O-])cc1Br. The van der Waals surface area contributed by atoms with Crippen molar-refractivity contribution in [1.29, 1.82) is 0 Å². The molecular weight excluding hydrogens is 274 g/mol. The van der Waals surface area contributed by atoms with Gasteiger partial charge in [-0.3, -0.25) is 10.1 Å². The van der Waals surface area contributed by atoms with Crippen LogP contribution in [0.1, 0.15) is 20.8 Å². The van der Waals surface area contributed by atoms with Crippen LogP contribution in [0.25, 0.3) is 0 Å². The van der Waals surface area contributed by atoms with Crippen LogP contribution in [-0.2, 0) is 0 Å². The quantitative estimate of drug-likeness (QED) is 0.628. The summed E-state index contributed by atoms with van der Waals surface area (Å²) in [6, 6.07) is 4.48. The van der Waals surface area contributed by atoms with Gasteiger partial charge in [0, 0.05) is 12.1 Å². The van der Waals surface area contributed by atoms with Gasteiger partial charge in [0.05, 0.1) is 16.0 Å². The van der Waals surface area contributed by atoms with Crippen LogP contribution in [0.3, 0.4) is 0 Å². The zero-order chi connectivity index (χ0) is 12.3. The Morgan fingerprint density at radius 1 is 1.44 bits per heavy atom. The van der Waals surface area contributed by atoms with Crippen molar-refractivity contribution in [3.63, 3.8) is 0 Å². The van der Waals surface area contributed by atoms with Crippen LogP contribution in [-0.4, -0.2) is 11.5 Å². The highest BCUT2D eigenvalue weighted by molar-refractivity contribution is 9.10. The minimum Gasteiger partial charge on any atom is -0.492 e. The molecule has 0 saturated carbocycles. The summed E-state index contributed by atoms with van der Waals surface area (Å²) in [6.07, 6.45) is 0. The molecule has 0 N–H and O–H groups in total. The van der Waals surface area contributed by atoms with Crippen LogP contribution < -0.4 is 4.74 Å². The van der Waals surface area contributed by atoms with Gasteiger partial charge in [0.15, 0.2) is 0 Å². The summed E-state index contributed by atoms with van der Waals surface area (Å²) in [7, 11) is 0. The number of non-ortho nitro benzene ring substituents is 1. The predicted octanol–water partition coefficient (Wildman–Crippen LogP) is 3.78. The molecule has 1 aromatic rings. The van der Waals surface area contributed by atoms with E-state index in [1.807, 2.05) is 0 Å². The average molecular weight is 288 g/mol. The molecule has 1 rings (SSSR count). The van der Waals surface area contributed by atoms with Gasteiger partial charge < -0.3 is 4.74 Å². The lowest BCUT2D eigenvalue weighted by Gasteiger charge is -2.19. The highest BCUT2D eigenvalue weighted by Gasteiger charge is 2.14. The molecule has 0 saturated heterocycles. The van der Waals surface area contributed by atoms with Gasteiger partial charge in [-0.05, 0) is 27.4 Å². The highest BCUT2D eigenvalue weighted by atomic mass is 79.9. The minimum absolute atomic E-state index is 0.0509. The van der Waals surface area contributed by atoms with Crippen LogP contribution >= 0.6 is 15.9 Å². The van der Waals surface area contributed by atoms with Crippen molar-refractivity contribution < 1.29 is 9.66 Å². The average Bonchev–Trinajstić information content (AvgIpc) is 2.14. The molecule has 0 fully saturated rings. The first-order valence-corrected chi connectivity index (χ1v) is 5.66. The number of nitro benzene ring substituents is 1. The molecule has 0 bridgehead atoms. The second-order valence-corrected chi connectivity index (χ2v) is 5.58. The molecule has 5 heteroatoms. The fourth-order valence-corrected chi connectivity index (χ4v) is 1.50. The summed E-state index contributed by atoms with van der Waals surface area (Å²) in [5.74, 6) is 0.625. The maximum absolute atomic E-state index is 10.5. The summed E-state index contributed by atoms with van der Waals surface area (Å²) >= 11 is 3.25.